The van der Waals surface area contributed by atoms with Crippen molar-refractivity contribution in [3.8, 4) is 0 Å². The highest BCUT2D eigenvalue weighted by molar-refractivity contribution is 6.30. The molecule has 2 nitrogen and oxygen atoms in total. The van der Waals surface area contributed by atoms with E-state index >= 15 is 0 Å². The Bertz CT molecular complexity index is 506. The van der Waals surface area contributed by atoms with E-state index in [2.05, 4.69) is 5.16 Å². The van der Waals surface area contributed by atoms with Crippen LogP contribution in [0, 0.1) is 0 Å². The quantitative estimate of drug-likeness (QED) is 0.498. The molecule has 0 aromatic heterocycles. The van der Waals surface area contributed by atoms with Gasteiger partial charge < -0.3 is 5.21 Å². The lowest BCUT2D eigenvalue weighted by molar-refractivity contribution is 0.318. The molecule has 0 radical (unpaired) electrons. The topological polar surface area (TPSA) is 32.6 Å². The zero-order valence-corrected chi connectivity index (χ0v) is 9.93. The number of hydrogen-bond donors (Lipinski definition) is 1. The second-order valence-corrected chi connectivity index (χ2v) is 4.15. The van der Waals surface area contributed by atoms with Gasteiger partial charge in [0.05, 0.1) is 5.71 Å². The number of halogens is 1. The summed E-state index contributed by atoms with van der Waals surface area (Å²) in [4.78, 5) is 0. The zero-order chi connectivity index (χ0) is 12.1. The third-order valence-electron chi connectivity index (χ3n) is 2.51. The van der Waals surface area contributed by atoms with Crippen molar-refractivity contribution < 1.29 is 5.21 Å². The Hall–Kier alpha value is -1.80. The molecule has 0 amide bonds. The van der Waals surface area contributed by atoms with Crippen molar-refractivity contribution in [1.29, 1.82) is 0 Å². The Labute approximate surface area is 105 Å². The van der Waals surface area contributed by atoms with Crippen molar-refractivity contribution in [2.24, 2.45) is 5.16 Å². The highest BCUT2D eigenvalue weighted by atomic mass is 35.5. The number of nitrogens with zero attached hydrogens (tertiary/aromatic N) is 1. The Balaban J connectivity index is 2.21. The van der Waals surface area contributed by atoms with Crippen LogP contribution in [0.2, 0.25) is 5.02 Å². The summed E-state index contributed by atoms with van der Waals surface area (Å²) in [6.45, 7) is 0. The van der Waals surface area contributed by atoms with E-state index in [4.69, 9.17) is 16.8 Å². The first-order valence-electron chi connectivity index (χ1n) is 5.30. The van der Waals surface area contributed by atoms with Gasteiger partial charge in [-0.1, -0.05) is 59.2 Å². The van der Waals surface area contributed by atoms with E-state index in [1.54, 1.807) is 12.1 Å². The van der Waals surface area contributed by atoms with Crippen molar-refractivity contribution in [1.82, 2.24) is 0 Å². The van der Waals surface area contributed by atoms with Gasteiger partial charge in [0.2, 0.25) is 0 Å². The predicted molar refractivity (Wildman–Crippen MR) is 69.9 cm³/mol. The van der Waals surface area contributed by atoms with Crippen molar-refractivity contribution >= 4 is 17.3 Å². The molecule has 2 rings (SSSR count). The average molecular weight is 246 g/mol. The summed E-state index contributed by atoms with van der Waals surface area (Å²) in [5, 5.41) is 13.1. The first-order valence-corrected chi connectivity index (χ1v) is 5.68. The van der Waals surface area contributed by atoms with Gasteiger partial charge >= 0.3 is 0 Å². The summed E-state index contributed by atoms with van der Waals surface area (Å²) in [7, 11) is 0. The largest absolute Gasteiger partial charge is 0.411 e. The van der Waals surface area contributed by atoms with Crippen LogP contribution in [0.15, 0.2) is 59.8 Å². The zero-order valence-electron chi connectivity index (χ0n) is 9.18. The molecule has 0 saturated heterocycles. The van der Waals surface area contributed by atoms with E-state index in [1.165, 1.54) is 0 Å². The molecule has 0 bridgehead atoms. The standard InChI is InChI=1S/C14H12ClNO/c15-13-8-6-12(7-9-13)14(16-17)10-11-4-2-1-3-5-11/h1-9,17H,10H2/b16-14+. The summed E-state index contributed by atoms with van der Waals surface area (Å²) in [6.07, 6.45) is 0.596. The molecule has 2 aromatic carbocycles. The number of rotatable bonds is 3. The van der Waals surface area contributed by atoms with Crippen LogP contribution < -0.4 is 0 Å². The maximum atomic E-state index is 9.07. The number of benzene rings is 2. The normalized spacial score (nSPS) is 11.5. The Kier molecular flexibility index (Phi) is 3.78. The molecular formula is C14H12ClNO. The van der Waals surface area contributed by atoms with Gasteiger partial charge in [-0.05, 0) is 23.3 Å². The van der Waals surface area contributed by atoms with E-state index < -0.39 is 0 Å². The van der Waals surface area contributed by atoms with E-state index in [9.17, 15) is 0 Å². The van der Waals surface area contributed by atoms with E-state index in [1.807, 2.05) is 42.5 Å². The molecule has 17 heavy (non-hydrogen) atoms. The fraction of sp³-hybridized carbons (Fsp3) is 0.0714. The third kappa shape index (κ3) is 3.08. The fourth-order valence-corrected chi connectivity index (χ4v) is 1.75. The molecule has 0 spiro atoms. The fourth-order valence-electron chi connectivity index (χ4n) is 1.63. The molecular weight excluding hydrogens is 234 g/mol. The summed E-state index contributed by atoms with van der Waals surface area (Å²) in [6, 6.07) is 17.2. The van der Waals surface area contributed by atoms with Gasteiger partial charge in [0.25, 0.3) is 0 Å². The molecule has 2 aromatic rings. The SMILES string of the molecule is O/N=C(\Cc1ccccc1)c1ccc(Cl)cc1. The molecule has 0 aliphatic heterocycles. The van der Waals surface area contributed by atoms with Crippen molar-refractivity contribution in [2.45, 2.75) is 6.42 Å². The minimum Gasteiger partial charge on any atom is -0.411 e. The van der Waals surface area contributed by atoms with Crippen LogP contribution in [0.5, 0.6) is 0 Å². The molecule has 0 fully saturated rings. The van der Waals surface area contributed by atoms with Gasteiger partial charge in [0.15, 0.2) is 0 Å². The van der Waals surface area contributed by atoms with Gasteiger partial charge in [-0.25, -0.2) is 0 Å². The Morgan fingerprint density at radius 1 is 1.00 bits per heavy atom. The minimum atomic E-state index is 0.596. The third-order valence-corrected chi connectivity index (χ3v) is 2.76. The minimum absolute atomic E-state index is 0.596. The lowest BCUT2D eigenvalue weighted by Crippen LogP contribution is -2.05. The molecule has 0 atom stereocenters. The molecule has 0 saturated carbocycles. The Morgan fingerprint density at radius 2 is 1.65 bits per heavy atom. The van der Waals surface area contributed by atoms with Crippen LogP contribution >= 0.6 is 11.6 Å². The highest BCUT2D eigenvalue weighted by Gasteiger charge is 2.05. The van der Waals surface area contributed by atoms with Crippen LogP contribution in [-0.2, 0) is 6.42 Å². The second-order valence-electron chi connectivity index (χ2n) is 3.72. The molecule has 0 unspecified atom stereocenters. The smallest absolute Gasteiger partial charge is 0.0911 e. The van der Waals surface area contributed by atoms with Crippen LogP contribution in [0.4, 0.5) is 0 Å². The van der Waals surface area contributed by atoms with Gasteiger partial charge in [-0.2, -0.15) is 0 Å². The molecule has 86 valence electrons. The van der Waals surface area contributed by atoms with E-state index in [-0.39, 0.29) is 0 Å². The summed E-state index contributed by atoms with van der Waals surface area (Å²) >= 11 is 5.82. The summed E-state index contributed by atoms with van der Waals surface area (Å²) in [5.41, 5.74) is 2.61. The first kappa shape index (κ1) is 11.7. The lowest BCUT2D eigenvalue weighted by atomic mass is 10.0. The van der Waals surface area contributed by atoms with E-state index in [0.717, 1.165) is 11.1 Å². The molecule has 1 N–H and O–H groups in total. The van der Waals surface area contributed by atoms with Crippen LogP contribution in [-0.4, -0.2) is 10.9 Å². The van der Waals surface area contributed by atoms with Gasteiger partial charge in [0, 0.05) is 11.4 Å². The predicted octanol–water partition coefficient (Wildman–Crippen LogP) is 3.76. The van der Waals surface area contributed by atoms with Crippen LogP contribution in [0.3, 0.4) is 0 Å². The summed E-state index contributed by atoms with van der Waals surface area (Å²) < 4.78 is 0. The maximum absolute atomic E-state index is 9.07. The molecule has 3 heteroatoms. The van der Waals surface area contributed by atoms with Gasteiger partial charge in [-0.3, -0.25) is 0 Å². The van der Waals surface area contributed by atoms with Crippen molar-refractivity contribution in [3.63, 3.8) is 0 Å². The molecule has 0 aliphatic carbocycles. The van der Waals surface area contributed by atoms with Crippen molar-refractivity contribution in [2.75, 3.05) is 0 Å². The van der Waals surface area contributed by atoms with Crippen LogP contribution in [0.1, 0.15) is 11.1 Å². The molecule has 0 heterocycles. The lowest BCUT2D eigenvalue weighted by Gasteiger charge is -2.05. The van der Waals surface area contributed by atoms with E-state index in [0.29, 0.717) is 17.2 Å². The average Bonchev–Trinajstić information content (AvgIpc) is 2.38. The highest BCUT2D eigenvalue weighted by Crippen LogP contribution is 2.13. The second kappa shape index (κ2) is 5.51. The monoisotopic (exact) mass is 245 g/mol. The van der Waals surface area contributed by atoms with Crippen molar-refractivity contribution in [3.05, 3.63) is 70.7 Å². The summed E-state index contributed by atoms with van der Waals surface area (Å²) in [5.74, 6) is 0. The Morgan fingerprint density at radius 3 is 2.24 bits per heavy atom. The first-order chi connectivity index (χ1) is 8.29. The van der Waals surface area contributed by atoms with Gasteiger partial charge in [0.1, 0.15) is 0 Å². The maximum Gasteiger partial charge on any atom is 0.0911 e. The van der Waals surface area contributed by atoms with Gasteiger partial charge in [-0.15, -0.1) is 0 Å². The number of hydrogen-bond acceptors (Lipinski definition) is 2. The number of oxime groups is 1. The van der Waals surface area contributed by atoms with Crippen LogP contribution in [0.25, 0.3) is 0 Å². The molecule has 0 aliphatic rings.